The Morgan fingerprint density at radius 1 is 1.16 bits per heavy atom. The molecule has 25 heavy (non-hydrogen) atoms. The Kier molecular flexibility index (Phi) is 4.11. The van der Waals surface area contributed by atoms with E-state index >= 15 is 0 Å². The van der Waals surface area contributed by atoms with Crippen molar-refractivity contribution < 1.29 is 9.59 Å². The Morgan fingerprint density at radius 3 is 2.44 bits per heavy atom. The molecule has 2 amide bonds. The molecule has 4 rings (SSSR count). The number of likely N-dealkylation sites (tertiary alicyclic amines) is 2. The molecule has 0 aliphatic carbocycles. The number of piperidine rings is 1. The first kappa shape index (κ1) is 16.3. The molecule has 7 heteroatoms. The summed E-state index contributed by atoms with van der Waals surface area (Å²) in [7, 11) is 0. The van der Waals surface area contributed by atoms with Crippen molar-refractivity contribution in [2.24, 2.45) is 0 Å². The lowest BCUT2D eigenvalue weighted by atomic mass is 9.85. The van der Waals surface area contributed by atoms with E-state index in [9.17, 15) is 9.59 Å². The molecule has 132 valence electrons. The molecule has 2 aromatic heterocycles. The van der Waals surface area contributed by atoms with Gasteiger partial charge in [-0.2, -0.15) is 5.10 Å². The fourth-order valence-corrected chi connectivity index (χ4v) is 4.58. The highest BCUT2D eigenvalue weighted by Crippen LogP contribution is 2.34. The molecule has 2 saturated heterocycles. The van der Waals surface area contributed by atoms with Gasteiger partial charge in [0, 0.05) is 38.6 Å². The van der Waals surface area contributed by atoms with Crippen LogP contribution >= 0.6 is 11.3 Å². The maximum absolute atomic E-state index is 13.1. The standard InChI is InChI=1S/C18H22N4O2S/c1-14-4-13-25-15(14)16(23)20-11-5-18(6-12-20,22-10-2-7-19-22)17(24)21-8-3-9-21/h2,4,7,10,13H,3,5-6,8-9,11-12H2,1H3. The number of aryl methyl sites for hydroxylation is 1. The number of amides is 2. The minimum absolute atomic E-state index is 0.0814. The summed E-state index contributed by atoms with van der Waals surface area (Å²) >= 11 is 1.49. The zero-order valence-corrected chi connectivity index (χ0v) is 15.2. The van der Waals surface area contributed by atoms with E-state index in [2.05, 4.69) is 5.10 Å². The molecule has 0 aromatic carbocycles. The molecule has 0 N–H and O–H groups in total. The minimum atomic E-state index is -0.648. The van der Waals surface area contributed by atoms with Crippen molar-refractivity contribution >= 4 is 23.2 Å². The van der Waals surface area contributed by atoms with Gasteiger partial charge in [0.1, 0.15) is 5.54 Å². The third kappa shape index (κ3) is 2.66. The summed E-state index contributed by atoms with van der Waals surface area (Å²) in [6, 6.07) is 3.83. The van der Waals surface area contributed by atoms with E-state index in [1.165, 1.54) is 11.3 Å². The van der Waals surface area contributed by atoms with Gasteiger partial charge < -0.3 is 9.80 Å². The Balaban J connectivity index is 1.55. The summed E-state index contributed by atoms with van der Waals surface area (Å²) in [6.07, 6.45) is 5.89. The predicted molar refractivity (Wildman–Crippen MR) is 95.6 cm³/mol. The van der Waals surface area contributed by atoms with Crippen LogP contribution in [0.25, 0.3) is 0 Å². The maximum atomic E-state index is 13.1. The number of hydrogen-bond acceptors (Lipinski definition) is 4. The van der Waals surface area contributed by atoms with Gasteiger partial charge >= 0.3 is 0 Å². The Hall–Kier alpha value is -2.15. The van der Waals surface area contributed by atoms with Gasteiger partial charge in [-0.1, -0.05) is 0 Å². The number of thiophene rings is 1. The number of carbonyl (C=O) groups excluding carboxylic acids is 2. The van der Waals surface area contributed by atoms with Crippen molar-refractivity contribution in [1.29, 1.82) is 0 Å². The van der Waals surface area contributed by atoms with Gasteiger partial charge in [-0.25, -0.2) is 0 Å². The molecular weight excluding hydrogens is 336 g/mol. The normalized spacial score (nSPS) is 19.6. The highest BCUT2D eigenvalue weighted by molar-refractivity contribution is 7.12. The van der Waals surface area contributed by atoms with Gasteiger partial charge in [0.05, 0.1) is 4.88 Å². The molecule has 2 aliphatic rings. The third-order valence-electron chi connectivity index (χ3n) is 5.42. The summed E-state index contributed by atoms with van der Waals surface area (Å²) in [4.78, 5) is 30.5. The largest absolute Gasteiger partial charge is 0.340 e. The number of aromatic nitrogens is 2. The van der Waals surface area contributed by atoms with Crippen LogP contribution in [0.2, 0.25) is 0 Å². The quantitative estimate of drug-likeness (QED) is 0.844. The molecule has 6 nitrogen and oxygen atoms in total. The van der Waals surface area contributed by atoms with Gasteiger partial charge in [0.2, 0.25) is 0 Å². The van der Waals surface area contributed by atoms with Gasteiger partial charge in [0.25, 0.3) is 11.8 Å². The van der Waals surface area contributed by atoms with E-state index in [0.29, 0.717) is 25.9 Å². The zero-order valence-electron chi connectivity index (χ0n) is 14.4. The lowest BCUT2D eigenvalue weighted by Crippen LogP contribution is -2.59. The number of hydrogen-bond donors (Lipinski definition) is 0. The van der Waals surface area contributed by atoms with Crippen LogP contribution in [-0.4, -0.2) is 57.6 Å². The van der Waals surface area contributed by atoms with Crippen molar-refractivity contribution in [3.63, 3.8) is 0 Å². The molecule has 0 bridgehead atoms. The smallest absolute Gasteiger partial charge is 0.264 e. The summed E-state index contributed by atoms with van der Waals surface area (Å²) in [5.74, 6) is 0.236. The van der Waals surface area contributed by atoms with E-state index < -0.39 is 5.54 Å². The van der Waals surface area contributed by atoms with E-state index in [1.807, 2.05) is 45.1 Å². The molecule has 4 heterocycles. The van der Waals surface area contributed by atoms with Gasteiger partial charge in [-0.05, 0) is 49.3 Å². The summed E-state index contributed by atoms with van der Waals surface area (Å²) in [5, 5.41) is 6.33. The van der Waals surface area contributed by atoms with Gasteiger partial charge in [0.15, 0.2) is 0 Å². The zero-order chi connectivity index (χ0) is 17.4. The molecular formula is C18H22N4O2S. The van der Waals surface area contributed by atoms with Crippen LogP contribution in [0.4, 0.5) is 0 Å². The average Bonchev–Trinajstić information content (AvgIpc) is 3.24. The summed E-state index contributed by atoms with van der Waals surface area (Å²) in [5.41, 5.74) is 0.376. The second-order valence-electron chi connectivity index (χ2n) is 6.85. The summed E-state index contributed by atoms with van der Waals surface area (Å²) < 4.78 is 1.81. The van der Waals surface area contributed by atoms with Crippen LogP contribution in [0.5, 0.6) is 0 Å². The van der Waals surface area contributed by atoms with E-state index in [1.54, 1.807) is 6.20 Å². The maximum Gasteiger partial charge on any atom is 0.264 e. The molecule has 2 aliphatic heterocycles. The monoisotopic (exact) mass is 358 g/mol. The highest BCUT2D eigenvalue weighted by atomic mass is 32.1. The van der Waals surface area contributed by atoms with Gasteiger partial charge in [-0.15, -0.1) is 11.3 Å². The van der Waals surface area contributed by atoms with E-state index in [0.717, 1.165) is 30.0 Å². The van der Waals surface area contributed by atoms with Crippen molar-refractivity contribution in [1.82, 2.24) is 19.6 Å². The average molecular weight is 358 g/mol. The van der Waals surface area contributed by atoms with E-state index in [-0.39, 0.29) is 11.8 Å². The van der Waals surface area contributed by atoms with Crippen LogP contribution in [0, 0.1) is 6.92 Å². The van der Waals surface area contributed by atoms with Crippen LogP contribution in [0.1, 0.15) is 34.5 Å². The Morgan fingerprint density at radius 2 is 1.92 bits per heavy atom. The number of nitrogens with zero attached hydrogens (tertiary/aromatic N) is 4. The minimum Gasteiger partial charge on any atom is -0.340 e. The molecule has 2 aromatic rings. The highest BCUT2D eigenvalue weighted by Gasteiger charge is 2.47. The number of carbonyl (C=O) groups is 2. The fraction of sp³-hybridized carbons (Fsp3) is 0.500. The fourth-order valence-electron chi connectivity index (χ4n) is 3.69. The Bertz CT molecular complexity index is 771. The number of rotatable bonds is 3. The molecule has 0 saturated carbocycles. The summed E-state index contributed by atoms with van der Waals surface area (Å²) in [6.45, 7) is 4.79. The lowest BCUT2D eigenvalue weighted by Gasteiger charge is -2.45. The van der Waals surface area contributed by atoms with Crippen LogP contribution in [0.15, 0.2) is 29.9 Å². The SMILES string of the molecule is Cc1ccsc1C(=O)N1CCC(C(=O)N2CCC2)(n2cccn2)CC1. The predicted octanol–water partition coefficient (Wildman–Crippen LogP) is 2.12. The molecule has 0 radical (unpaired) electrons. The van der Waals surface area contributed by atoms with Crippen molar-refractivity contribution in [2.75, 3.05) is 26.2 Å². The second kappa shape index (κ2) is 6.29. The van der Waals surface area contributed by atoms with Crippen LogP contribution in [0.3, 0.4) is 0 Å². The molecule has 0 spiro atoms. The van der Waals surface area contributed by atoms with Crippen molar-refractivity contribution in [3.05, 3.63) is 40.3 Å². The molecule has 0 unspecified atom stereocenters. The first-order chi connectivity index (χ1) is 12.1. The van der Waals surface area contributed by atoms with Gasteiger partial charge in [-0.3, -0.25) is 14.3 Å². The second-order valence-corrected chi connectivity index (χ2v) is 7.77. The molecule has 0 atom stereocenters. The first-order valence-corrected chi connectivity index (χ1v) is 9.63. The van der Waals surface area contributed by atoms with Crippen molar-refractivity contribution in [2.45, 2.75) is 31.7 Å². The Labute approximate surface area is 151 Å². The molecule has 2 fully saturated rings. The first-order valence-electron chi connectivity index (χ1n) is 8.75. The topological polar surface area (TPSA) is 58.4 Å². The lowest BCUT2D eigenvalue weighted by molar-refractivity contribution is -0.147. The van der Waals surface area contributed by atoms with Crippen LogP contribution < -0.4 is 0 Å². The van der Waals surface area contributed by atoms with Crippen molar-refractivity contribution in [3.8, 4) is 0 Å². The third-order valence-corrected chi connectivity index (χ3v) is 6.42. The van der Waals surface area contributed by atoms with Crippen LogP contribution in [-0.2, 0) is 10.3 Å². The van der Waals surface area contributed by atoms with E-state index in [4.69, 9.17) is 0 Å².